The fourth-order valence-corrected chi connectivity index (χ4v) is 6.85. The summed E-state index contributed by atoms with van der Waals surface area (Å²) in [5.41, 5.74) is 4.99. The highest BCUT2D eigenvalue weighted by atomic mass is 32.1. The van der Waals surface area contributed by atoms with Crippen LogP contribution in [0.4, 0.5) is 5.82 Å². The van der Waals surface area contributed by atoms with Crippen LogP contribution in [0, 0.1) is 18.8 Å². The number of anilines is 1. The molecule has 2 fully saturated rings. The van der Waals surface area contributed by atoms with Crippen LogP contribution in [0.2, 0.25) is 0 Å². The Bertz CT molecular complexity index is 1360. The van der Waals surface area contributed by atoms with Gasteiger partial charge < -0.3 is 29.1 Å². The number of amides is 2. The lowest BCUT2D eigenvalue weighted by Crippen LogP contribution is -2.53. The molecule has 0 spiro atoms. The zero-order valence-electron chi connectivity index (χ0n) is 25.2. The van der Waals surface area contributed by atoms with E-state index in [1.54, 1.807) is 30.5 Å². The lowest BCUT2D eigenvalue weighted by atomic mass is 9.91. The van der Waals surface area contributed by atoms with Gasteiger partial charge in [0.15, 0.2) is 17.9 Å². The van der Waals surface area contributed by atoms with Gasteiger partial charge in [-0.05, 0) is 43.7 Å². The van der Waals surface area contributed by atoms with Crippen molar-refractivity contribution in [3.8, 4) is 10.4 Å². The number of methoxy groups -OCH3 is 2. The minimum atomic E-state index is -0.525. The summed E-state index contributed by atoms with van der Waals surface area (Å²) in [4.78, 5) is 36.7. The van der Waals surface area contributed by atoms with E-state index in [1.807, 2.05) is 51.4 Å². The second-order valence-electron chi connectivity index (χ2n) is 11.6. The first kappa shape index (κ1) is 30.2. The van der Waals surface area contributed by atoms with Crippen LogP contribution in [0.15, 0.2) is 40.4 Å². The van der Waals surface area contributed by atoms with Crippen LogP contribution in [-0.2, 0) is 19.1 Å². The van der Waals surface area contributed by atoms with Gasteiger partial charge >= 0.3 is 0 Å². The molecule has 0 bridgehead atoms. The molecule has 1 N–H and O–H groups in total. The number of rotatable bonds is 11. The van der Waals surface area contributed by atoms with Gasteiger partial charge in [-0.1, -0.05) is 43.3 Å². The summed E-state index contributed by atoms with van der Waals surface area (Å²) in [5, 5.41) is 7.41. The number of carbonyl (C=O) groups is 2. The van der Waals surface area contributed by atoms with E-state index in [0.717, 1.165) is 41.2 Å². The second kappa shape index (κ2) is 12.9. The first-order chi connectivity index (χ1) is 20.2. The van der Waals surface area contributed by atoms with E-state index in [2.05, 4.69) is 32.5 Å². The van der Waals surface area contributed by atoms with Crippen LogP contribution in [-0.4, -0.2) is 73.0 Å². The second-order valence-corrected chi connectivity index (χ2v) is 12.5. The normalized spacial score (nSPS) is 18.9. The first-order valence-electron chi connectivity index (χ1n) is 14.6. The van der Waals surface area contributed by atoms with Gasteiger partial charge in [0.2, 0.25) is 11.8 Å². The first-order valence-corrected chi connectivity index (χ1v) is 15.5. The fraction of sp³-hybridized carbons (Fsp3) is 0.548. The van der Waals surface area contributed by atoms with Crippen LogP contribution in [0.1, 0.15) is 62.6 Å². The van der Waals surface area contributed by atoms with Gasteiger partial charge in [-0.3, -0.25) is 9.59 Å². The smallest absolute Gasteiger partial charge is 0.243 e. The molecule has 3 atom stereocenters. The Morgan fingerprint density at radius 2 is 1.83 bits per heavy atom. The number of likely N-dealkylation sites (tertiary alicyclic amines) is 1. The predicted octanol–water partition coefficient (Wildman–Crippen LogP) is 4.77. The molecule has 2 amide bonds. The summed E-state index contributed by atoms with van der Waals surface area (Å²) in [6.07, 6.45) is 1.16. The number of hydrogen-bond acceptors (Lipinski definition) is 9. The summed E-state index contributed by atoms with van der Waals surface area (Å²) in [5.74, 6) is 0.692. The summed E-state index contributed by atoms with van der Waals surface area (Å²) in [7, 11) is 3.28. The quantitative estimate of drug-likeness (QED) is 0.316. The summed E-state index contributed by atoms with van der Waals surface area (Å²) < 4.78 is 16.5. The molecular weight excluding hydrogens is 554 g/mol. The van der Waals surface area contributed by atoms with Crippen LogP contribution < -0.4 is 10.2 Å². The number of nitrogens with zero attached hydrogens (tertiary/aromatic N) is 4. The average Bonchev–Trinajstić information content (AvgIpc) is 3.72. The van der Waals surface area contributed by atoms with Crippen LogP contribution >= 0.6 is 11.3 Å². The van der Waals surface area contributed by atoms with Gasteiger partial charge in [0, 0.05) is 45.8 Å². The topological polar surface area (TPSA) is 110 Å². The molecule has 0 saturated carbocycles. The predicted molar refractivity (Wildman–Crippen MR) is 161 cm³/mol. The summed E-state index contributed by atoms with van der Waals surface area (Å²) in [6.45, 7) is 9.98. The largest absolute Gasteiger partial charge is 0.358 e. The Morgan fingerprint density at radius 3 is 2.45 bits per heavy atom. The highest BCUT2D eigenvalue weighted by Gasteiger charge is 2.41. The van der Waals surface area contributed by atoms with Crippen molar-refractivity contribution >= 4 is 29.0 Å². The molecule has 0 aliphatic carbocycles. The third kappa shape index (κ3) is 6.09. The molecule has 11 heteroatoms. The molecule has 226 valence electrons. The van der Waals surface area contributed by atoms with E-state index in [1.165, 1.54) is 0 Å². The van der Waals surface area contributed by atoms with E-state index >= 15 is 0 Å². The number of nitrogens with one attached hydrogen (secondary N) is 1. The minimum absolute atomic E-state index is 0.0299. The Labute approximate surface area is 251 Å². The third-order valence-electron chi connectivity index (χ3n) is 8.45. The van der Waals surface area contributed by atoms with Crippen molar-refractivity contribution in [1.29, 1.82) is 0 Å². The van der Waals surface area contributed by atoms with E-state index < -0.39 is 12.0 Å². The molecule has 10 nitrogen and oxygen atoms in total. The zero-order chi connectivity index (χ0) is 30.0. The van der Waals surface area contributed by atoms with Crippen molar-refractivity contribution in [2.45, 2.75) is 64.8 Å². The molecule has 0 radical (unpaired) electrons. The minimum Gasteiger partial charge on any atom is -0.358 e. The van der Waals surface area contributed by atoms with Crippen molar-refractivity contribution in [2.24, 2.45) is 11.8 Å². The van der Waals surface area contributed by atoms with E-state index in [-0.39, 0.29) is 36.0 Å². The number of benzene rings is 1. The maximum atomic E-state index is 13.9. The lowest BCUT2D eigenvalue weighted by Gasteiger charge is -2.41. The molecule has 3 unspecified atom stereocenters. The number of hydrogen-bond donors (Lipinski definition) is 1. The third-order valence-corrected chi connectivity index (χ3v) is 9.43. The van der Waals surface area contributed by atoms with Crippen molar-refractivity contribution in [2.75, 3.05) is 38.8 Å². The monoisotopic (exact) mass is 595 g/mol. The molecular formula is C31H41N5O5S. The molecule has 4 heterocycles. The molecule has 5 rings (SSSR count). The van der Waals surface area contributed by atoms with Gasteiger partial charge in [-0.25, -0.2) is 4.98 Å². The van der Waals surface area contributed by atoms with Gasteiger partial charge in [0.05, 0.1) is 22.1 Å². The number of carbonyl (C=O) groups excluding carboxylic acids is 2. The van der Waals surface area contributed by atoms with Gasteiger partial charge in [-0.15, -0.1) is 11.3 Å². The fourth-order valence-electron chi connectivity index (χ4n) is 6.04. The SMILES string of the molecule is COC(OC)C1CN(c2cc(C(C(=O)N3CCCC3C(=O)NC(C)c3ccc(-c4scnc4C)cc3)C(C)C)on2)C1. The number of thiazole rings is 1. The van der Waals surface area contributed by atoms with Gasteiger partial charge in [-0.2, -0.15) is 0 Å². The highest BCUT2D eigenvalue weighted by molar-refractivity contribution is 7.13. The van der Waals surface area contributed by atoms with Crippen LogP contribution in [0.25, 0.3) is 10.4 Å². The highest BCUT2D eigenvalue weighted by Crippen LogP contribution is 2.35. The number of aromatic nitrogens is 2. The number of ether oxygens (including phenoxy) is 2. The maximum absolute atomic E-state index is 13.9. The summed E-state index contributed by atoms with van der Waals surface area (Å²) >= 11 is 1.62. The molecule has 2 aliphatic rings. The van der Waals surface area contributed by atoms with Crippen LogP contribution in [0.5, 0.6) is 0 Å². The molecule has 3 aromatic rings. The molecule has 2 aromatic heterocycles. The zero-order valence-corrected chi connectivity index (χ0v) is 26.0. The Morgan fingerprint density at radius 1 is 1.12 bits per heavy atom. The van der Waals surface area contributed by atoms with Crippen molar-refractivity contribution in [3.05, 3.63) is 52.9 Å². The number of aryl methyl sites for hydroxylation is 1. The Kier molecular flexibility index (Phi) is 9.29. The van der Waals surface area contributed by atoms with Crippen molar-refractivity contribution < 1.29 is 23.6 Å². The standard InChI is InChI=1S/C31H41N5O5S/c1-18(2)27(25-14-26(34-41-25)35-15-23(16-35)31(39-5)40-6)30(38)36-13-7-8-24(36)29(37)33-19(3)21-9-11-22(12-10-21)28-20(4)32-17-42-28/h9-12,14,17-19,23-24,27,31H,7-8,13,15-16H2,1-6H3,(H,33,37). The molecule has 2 aliphatic heterocycles. The Balaban J connectivity index is 1.23. The van der Waals surface area contributed by atoms with Gasteiger partial charge in [0.1, 0.15) is 12.0 Å². The van der Waals surface area contributed by atoms with E-state index in [0.29, 0.717) is 24.5 Å². The average molecular weight is 596 g/mol. The molecule has 42 heavy (non-hydrogen) atoms. The van der Waals surface area contributed by atoms with Crippen LogP contribution in [0.3, 0.4) is 0 Å². The van der Waals surface area contributed by atoms with Crippen molar-refractivity contribution in [3.63, 3.8) is 0 Å². The van der Waals surface area contributed by atoms with E-state index in [4.69, 9.17) is 14.0 Å². The van der Waals surface area contributed by atoms with Gasteiger partial charge in [0.25, 0.3) is 0 Å². The molecule has 2 saturated heterocycles. The lowest BCUT2D eigenvalue weighted by molar-refractivity contribution is -0.142. The van der Waals surface area contributed by atoms with E-state index in [9.17, 15) is 9.59 Å². The van der Waals surface area contributed by atoms with Crippen molar-refractivity contribution in [1.82, 2.24) is 20.4 Å². The molecule has 1 aromatic carbocycles. The summed E-state index contributed by atoms with van der Waals surface area (Å²) in [6, 6.07) is 9.36. The Hall–Kier alpha value is -3.28. The maximum Gasteiger partial charge on any atom is 0.243 e.